The zero-order chi connectivity index (χ0) is 23.9. The number of urea groups is 1. The van der Waals surface area contributed by atoms with E-state index in [9.17, 15) is 9.59 Å². The number of nitrogens with one attached hydrogen (secondary N) is 1. The van der Waals surface area contributed by atoms with Crippen LogP contribution in [0.2, 0.25) is 0 Å². The lowest BCUT2D eigenvalue weighted by Crippen LogP contribution is -2.24. The van der Waals surface area contributed by atoms with Gasteiger partial charge in [-0.15, -0.1) is 0 Å². The van der Waals surface area contributed by atoms with Crippen LogP contribution in [0.15, 0.2) is 96.1 Å². The first-order valence-electron chi connectivity index (χ1n) is 10.8. The Morgan fingerprint density at radius 1 is 0.941 bits per heavy atom. The Hall–Kier alpha value is -4.65. The van der Waals surface area contributed by atoms with Crippen LogP contribution in [0.5, 0.6) is 0 Å². The van der Waals surface area contributed by atoms with E-state index in [-0.39, 0.29) is 5.97 Å². The van der Waals surface area contributed by atoms with E-state index in [0.29, 0.717) is 12.2 Å². The first kappa shape index (κ1) is 22.5. The summed E-state index contributed by atoms with van der Waals surface area (Å²) in [6.45, 7) is 2.09. The number of primary amides is 1. The molecule has 3 N–H and O–H groups in total. The monoisotopic (exact) mass is 452 g/mol. The minimum absolute atomic E-state index is 0.316. The SMILES string of the molecule is CCOC(=O)c1ccc(-n2c(-c3ccccc3)cc(/C=N\NC(N)=O)c2-c2ccccc2)cc1. The average Bonchev–Trinajstić information content (AvgIpc) is 3.24. The summed E-state index contributed by atoms with van der Waals surface area (Å²) in [6, 6.07) is 28.4. The van der Waals surface area contributed by atoms with Gasteiger partial charge in [0.05, 0.1) is 29.8 Å². The number of hydrogen-bond acceptors (Lipinski definition) is 4. The molecule has 1 aromatic heterocycles. The summed E-state index contributed by atoms with van der Waals surface area (Å²) >= 11 is 0. The van der Waals surface area contributed by atoms with Crippen LogP contribution in [0.4, 0.5) is 4.79 Å². The molecule has 7 heteroatoms. The number of amides is 2. The molecule has 0 atom stereocenters. The summed E-state index contributed by atoms with van der Waals surface area (Å²) in [4.78, 5) is 23.3. The number of carbonyl (C=O) groups excluding carboxylic acids is 2. The van der Waals surface area contributed by atoms with Crippen molar-refractivity contribution < 1.29 is 14.3 Å². The van der Waals surface area contributed by atoms with Gasteiger partial charge in [0, 0.05) is 11.3 Å². The molecule has 34 heavy (non-hydrogen) atoms. The van der Waals surface area contributed by atoms with E-state index in [1.54, 1.807) is 25.3 Å². The lowest BCUT2D eigenvalue weighted by atomic mass is 10.1. The smallest absolute Gasteiger partial charge is 0.338 e. The van der Waals surface area contributed by atoms with Gasteiger partial charge < -0.3 is 15.0 Å². The largest absolute Gasteiger partial charge is 0.462 e. The van der Waals surface area contributed by atoms with E-state index in [1.165, 1.54) is 0 Å². The number of esters is 1. The lowest BCUT2D eigenvalue weighted by molar-refractivity contribution is 0.0526. The van der Waals surface area contributed by atoms with E-state index in [0.717, 1.165) is 33.8 Å². The van der Waals surface area contributed by atoms with Crippen LogP contribution in [-0.2, 0) is 4.74 Å². The van der Waals surface area contributed by atoms with Crippen molar-refractivity contribution in [2.24, 2.45) is 10.8 Å². The van der Waals surface area contributed by atoms with Gasteiger partial charge in [-0.2, -0.15) is 5.10 Å². The Morgan fingerprint density at radius 2 is 1.56 bits per heavy atom. The molecule has 0 saturated carbocycles. The highest BCUT2D eigenvalue weighted by molar-refractivity contribution is 5.94. The summed E-state index contributed by atoms with van der Waals surface area (Å²) in [7, 11) is 0. The van der Waals surface area contributed by atoms with E-state index < -0.39 is 6.03 Å². The number of carbonyl (C=O) groups is 2. The molecule has 2 amide bonds. The maximum absolute atomic E-state index is 12.2. The summed E-state index contributed by atoms with van der Waals surface area (Å²) in [5, 5.41) is 4.00. The Morgan fingerprint density at radius 3 is 2.15 bits per heavy atom. The Kier molecular flexibility index (Phi) is 6.84. The van der Waals surface area contributed by atoms with Crippen LogP contribution in [0.25, 0.3) is 28.2 Å². The molecule has 0 unspecified atom stereocenters. The maximum atomic E-state index is 12.2. The highest BCUT2D eigenvalue weighted by atomic mass is 16.5. The van der Waals surface area contributed by atoms with Gasteiger partial charge in [-0.1, -0.05) is 60.7 Å². The van der Waals surface area contributed by atoms with Crippen LogP contribution < -0.4 is 11.2 Å². The van der Waals surface area contributed by atoms with Gasteiger partial charge in [-0.3, -0.25) is 0 Å². The highest BCUT2D eigenvalue weighted by Gasteiger charge is 2.19. The minimum Gasteiger partial charge on any atom is -0.462 e. The topological polar surface area (TPSA) is 98.7 Å². The first-order valence-corrected chi connectivity index (χ1v) is 10.8. The Balaban J connectivity index is 1.94. The van der Waals surface area contributed by atoms with Crippen LogP contribution in [0, 0.1) is 0 Å². The molecule has 0 radical (unpaired) electrons. The third kappa shape index (κ3) is 4.88. The number of ether oxygens (including phenoxy) is 1. The van der Waals surface area contributed by atoms with Crippen molar-refractivity contribution in [2.45, 2.75) is 6.92 Å². The van der Waals surface area contributed by atoms with Gasteiger partial charge >= 0.3 is 12.0 Å². The number of rotatable bonds is 7. The molecule has 4 rings (SSSR count). The zero-order valence-electron chi connectivity index (χ0n) is 18.6. The molecular formula is C27H24N4O3. The van der Waals surface area contributed by atoms with Crippen molar-refractivity contribution in [2.75, 3.05) is 6.61 Å². The average molecular weight is 453 g/mol. The van der Waals surface area contributed by atoms with Crippen LogP contribution in [0.3, 0.4) is 0 Å². The van der Waals surface area contributed by atoms with Crippen molar-refractivity contribution in [3.8, 4) is 28.2 Å². The van der Waals surface area contributed by atoms with Gasteiger partial charge in [0.15, 0.2) is 0 Å². The summed E-state index contributed by atoms with van der Waals surface area (Å²) < 4.78 is 7.22. The van der Waals surface area contributed by atoms with Gasteiger partial charge in [-0.05, 0) is 48.4 Å². The molecule has 1 heterocycles. The van der Waals surface area contributed by atoms with Gasteiger partial charge in [0.2, 0.25) is 0 Å². The first-order chi connectivity index (χ1) is 16.6. The predicted octanol–water partition coefficient (Wildman–Crippen LogP) is 4.99. The van der Waals surface area contributed by atoms with E-state index in [2.05, 4.69) is 15.1 Å². The Labute approximate surface area is 197 Å². The molecule has 7 nitrogen and oxygen atoms in total. The molecular weight excluding hydrogens is 428 g/mol. The van der Waals surface area contributed by atoms with Crippen LogP contribution in [0.1, 0.15) is 22.8 Å². The van der Waals surface area contributed by atoms with Crippen LogP contribution >= 0.6 is 0 Å². The third-order valence-corrected chi connectivity index (χ3v) is 5.16. The van der Waals surface area contributed by atoms with Gasteiger partial charge in [-0.25, -0.2) is 15.0 Å². The summed E-state index contributed by atoms with van der Waals surface area (Å²) in [5.41, 5.74) is 13.3. The molecule has 170 valence electrons. The molecule has 0 aliphatic heterocycles. The maximum Gasteiger partial charge on any atom is 0.338 e. The summed E-state index contributed by atoms with van der Waals surface area (Å²) in [6.07, 6.45) is 1.57. The van der Waals surface area contributed by atoms with E-state index >= 15 is 0 Å². The number of hydrogen-bond donors (Lipinski definition) is 2. The lowest BCUT2D eigenvalue weighted by Gasteiger charge is -2.15. The molecule has 3 aromatic carbocycles. The standard InChI is InChI=1S/C27H24N4O3/c1-2-34-26(32)21-13-15-23(16-14-21)31-24(19-9-5-3-6-10-19)17-22(18-29-30-27(28)33)25(31)20-11-7-4-8-12-20/h3-18H,2H2,1H3,(H3,28,30,33)/b29-18-. The normalized spacial score (nSPS) is 10.9. The van der Waals surface area contributed by atoms with Crippen molar-refractivity contribution in [3.63, 3.8) is 0 Å². The van der Waals surface area contributed by atoms with Gasteiger partial charge in [0.25, 0.3) is 0 Å². The molecule has 4 aromatic rings. The number of nitrogens with two attached hydrogens (primary N) is 1. The molecule has 0 saturated heterocycles. The number of aromatic nitrogens is 1. The molecule has 0 bridgehead atoms. The van der Waals surface area contributed by atoms with Crippen molar-refractivity contribution in [1.82, 2.24) is 9.99 Å². The summed E-state index contributed by atoms with van der Waals surface area (Å²) in [5.74, 6) is -0.363. The second kappa shape index (κ2) is 10.3. The fraction of sp³-hybridized carbons (Fsp3) is 0.0741. The second-order valence-electron chi connectivity index (χ2n) is 7.40. The van der Waals surface area contributed by atoms with Crippen molar-refractivity contribution in [1.29, 1.82) is 0 Å². The van der Waals surface area contributed by atoms with E-state index in [1.807, 2.05) is 78.9 Å². The molecule has 0 spiro atoms. The number of nitrogens with zero attached hydrogens (tertiary/aromatic N) is 2. The molecule has 0 fully saturated rings. The predicted molar refractivity (Wildman–Crippen MR) is 133 cm³/mol. The second-order valence-corrected chi connectivity index (χ2v) is 7.40. The van der Waals surface area contributed by atoms with Crippen molar-refractivity contribution >= 4 is 18.2 Å². The van der Waals surface area contributed by atoms with E-state index in [4.69, 9.17) is 10.5 Å². The van der Waals surface area contributed by atoms with Gasteiger partial charge in [0.1, 0.15) is 0 Å². The minimum atomic E-state index is -0.741. The highest BCUT2D eigenvalue weighted by Crippen LogP contribution is 2.35. The molecule has 0 aliphatic carbocycles. The number of benzene rings is 3. The zero-order valence-corrected chi connectivity index (χ0v) is 18.6. The Bertz CT molecular complexity index is 1310. The van der Waals surface area contributed by atoms with Crippen molar-refractivity contribution in [3.05, 3.63) is 102 Å². The third-order valence-electron chi connectivity index (χ3n) is 5.16. The molecule has 0 aliphatic rings. The fourth-order valence-corrected chi connectivity index (χ4v) is 3.74. The quantitative estimate of drug-likeness (QED) is 0.235. The van der Waals surface area contributed by atoms with Crippen LogP contribution in [-0.4, -0.2) is 29.4 Å². The fourth-order valence-electron chi connectivity index (χ4n) is 3.74. The number of hydrazone groups is 1.